The van der Waals surface area contributed by atoms with Crippen molar-refractivity contribution in [1.29, 1.82) is 0 Å². The largest absolute Gasteiger partial charge is 0.311 e. The van der Waals surface area contributed by atoms with Crippen LogP contribution in [0.25, 0.3) is 0 Å². The van der Waals surface area contributed by atoms with Gasteiger partial charge in [-0.3, -0.25) is 4.90 Å². The maximum atomic E-state index is 3.86. The summed E-state index contributed by atoms with van der Waals surface area (Å²) in [6, 6.07) is 2.18. The van der Waals surface area contributed by atoms with E-state index in [0.29, 0.717) is 17.5 Å². The maximum absolute atomic E-state index is 3.86. The molecular weight excluding hydrogens is 256 g/mol. The van der Waals surface area contributed by atoms with Gasteiger partial charge in [0.05, 0.1) is 0 Å². The van der Waals surface area contributed by atoms with Crippen LogP contribution in [0.15, 0.2) is 0 Å². The van der Waals surface area contributed by atoms with E-state index in [1.54, 1.807) is 0 Å². The van der Waals surface area contributed by atoms with Crippen molar-refractivity contribution in [1.82, 2.24) is 10.2 Å². The molecular formula is C19H38N2. The molecule has 1 N–H and O–H groups in total. The van der Waals surface area contributed by atoms with Gasteiger partial charge in [0.1, 0.15) is 0 Å². The highest BCUT2D eigenvalue weighted by molar-refractivity contribution is 4.98. The summed E-state index contributed by atoms with van der Waals surface area (Å²) in [6.45, 7) is 17.0. The molecule has 0 spiro atoms. The van der Waals surface area contributed by atoms with Crippen LogP contribution >= 0.6 is 0 Å². The topological polar surface area (TPSA) is 15.3 Å². The van der Waals surface area contributed by atoms with Crippen molar-refractivity contribution < 1.29 is 0 Å². The van der Waals surface area contributed by atoms with Crippen LogP contribution in [0.4, 0.5) is 0 Å². The van der Waals surface area contributed by atoms with Crippen molar-refractivity contribution in [3.05, 3.63) is 0 Å². The first-order valence-electron chi connectivity index (χ1n) is 9.36. The Morgan fingerprint density at radius 1 is 1.19 bits per heavy atom. The predicted octanol–water partition coefficient (Wildman–Crippen LogP) is 4.30. The molecule has 1 aliphatic carbocycles. The van der Waals surface area contributed by atoms with Crippen molar-refractivity contribution >= 4 is 0 Å². The second kappa shape index (κ2) is 7.00. The summed E-state index contributed by atoms with van der Waals surface area (Å²) >= 11 is 0. The van der Waals surface area contributed by atoms with E-state index in [-0.39, 0.29) is 0 Å². The average molecular weight is 295 g/mol. The molecule has 4 atom stereocenters. The van der Waals surface area contributed by atoms with Gasteiger partial charge in [0.2, 0.25) is 0 Å². The minimum Gasteiger partial charge on any atom is -0.311 e. The van der Waals surface area contributed by atoms with Gasteiger partial charge in [-0.1, -0.05) is 60.8 Å². The molecule has 2 nitrogen and oxygen atoms in total. The SMILES string of the molecule is CCC(C)C1CN(C2CCCCC2(C)C)C(C(C)C)CN1. The Labute approximate surface area is 133 Å². The quantitative estimate of drug-likeness (QED) is 0.831. The van der Waals surface area contributed by atoms with Gasteiger partial charge in [0, 0.05) is 31.2 Å². The fraction of sp³-hybridized carbons (Fsp3) is 1.00. The molecule has 2 rings (SSSR count). The van der Waals surface area contributed by atoms with Crippen molar-refractivity contribution in [3.8, 4) is 0 Å². The summed E-state index contributed by atoms with van der Waals surface area (Å²) in [7, 11) is 0. The van der Waals surface area contributed by atoms with Crippen LogP contribution in [-0.4, -0.2) is 36.1 Å². The summed E-state index contributed by atoms with van der Waals surface area (Å²) < 4.78 is 0. The smallest absolute Gasteiger partial charge is 0.0247 e. The summed E-state index contributed by atoms with van der Waals surface area (Å²) in [6.07, 6.45) is 6.95. The Morgan fingerprint density at radius 3 is 2.48 bits per heavy atom. The van der Waals surface area contributed by atoms with Crippen LogP contribution in [0, 0.1) is 17.3 Å². The van der Waals surface area contributed by atoms with E-state index in [9.17, 15) is 0 Å². The van der Waals surface area contributed by atoms with Gasteiger partial charge < -0.3 is 5.32 Å². The molecule has 1 aliphatic heterocycles. The molecule has 2 aliphatic rings. The van der Waals surface area contributed by atoms with E-state index in [4.69, 9.17) is 0 Å². The first kappa shape index (κ1) is 17.3. The normalized spacial score (nSPS) is 35.9. The van der Waals surface area contributed by atoms with E-state index in [1.165, 1.54) is 45.2 Å². The molecule has 0 aromatic rings. The number of hydrogen-bond donors (Lipinski definition) is 1. The lowest BCUT2D eigenvalue weighted by atomic mass is 9.71. The molecule has 124 valence electrons. The van der Waals surface area contributed by atoms with Crippen molar-refractivity contribution in [2.45, 2.75) is 91.8 Å². The minimum atomic E-state index is 0.489. The number of piperazine rings is 1. The van der Waals surface area contributed by atoms with Gasteiger partial charge in [-0.05, 0) is 30.1 Å². The van der Waals surface area contributed by atoms with E-state index in [2.05, 4.69) is 51.8 Å². The zero-order chi connectivity index (χ0) is 15.6. The summed E-state index contributed by atoms with van der Waals surface area (Å²) in [5.74, 6) is 1.53. The molecule has 1 saturated heterocycles. The Bertz CT molecular complexity index is 324. The van der Waals surface area contributed by atoms with E-state index in [1.807, 2.05) is 0 Å². The van der Waals surface area contributed by atoms with Crippen LogP contribution in [-0.2, 0) is 0 Å². The Kier molecular flexibility index (Phi) is 5.76. The van der Waals surface area contributed by atoms with Gasteiger partial charge in [-0.2, -0.15) is 0 Å². The average Bonchev–Trinajstić information content (AvgIpc) is 2.45. The highest BCUT2D eigenvalue weighted by Gasteiger charge is 2.42. The van der Waals surface area contributed by atoms with Gasteiger partial charge >= 0.3 is 0 Å². The highest BCUT2D eigenvalue weighted by atomic mass is 15.3. The molecule has 2 heteroatoms. The first-order chi connectivity index (χ1) is 9.86. The van der Waals surface area contributed by atoms with Gasteiger partial charge in [-0.15, -0.1) is 0 Å². The van der Waals surface area contributed by atoms with E-state index in [0.717, 1.165) is 17.9 Å². The number of hydrogen-bond acceptors (Lipinski definition) is 2. The molecule has 1 heterocycles. The summed E-state index contributed by atoms with van der Waals surface area (Å²) in [4.78, 5) is 2.91. The maximum Gasteiger partial charge on any atom is 0.0247 e. The molecule has 21 heavy (non-hydrogen) atoms. The zero-order valence-electron chi connectivity index (χ0n) is 15.3. The molecule has 4 unspecified atom stereocenters. The van der Waals surface area contributed by atoms with Crippen molar-refractivity contribution in [2.24, 2.45) is 17.3 Å². The highest BCUT2D eigenvalue weighted by Crippen LogP contribution is 2.41. The van der Waals surface area contributed by atoms with Crippen molar-refractivity contribution in [2.75, 3.05) is 13.1 Å². The Morgan fingerprint density at radius 2 is 1.90 bits per heavy atom. The summed E-state index contributed by atoms with van der Waals surface area (Å²) in [5.41, 5.74) is 0.489. The monoisotopic (exact) mass is 294 g/mol. The second-order valence-electron chi connectivity index (χ2n) is 8.66. The predicted molar refractivity (Wildman–Crippen MR) is 92.6 cm³/mol. The molecule has 0 aromatic carbocycles. The lowest BCUT2D eigenvalue weighted by molar-refractivity contribution is -0.0257. The third-order valence-electron chi connectivity index (χ3n) is 6.37. The molecule has 1 saturated carbocycles. The number of nitrogens with zero attached hydrogens (tertiary/aromatic N) is 1. The van der Waals surface area contributed by atoms with Crippen LogP contribution in [0.5, 0.6) is 0 Å². The first-order valence-corrected chi connectivity index (χ1v) is 9.36. The van der Waals surface area contributed by atoms with Crippen LogP contribution < -0.4 is 5.32 Å². The lowest BCUT2D eigenvalue weighted by Gasteiger charge is -2.53. The molecule has 0 bridgehead atoms. The standard InChI is InChI=1S/C19H38N2/c1-7-15(4)16-13-21(17(12-20-16)14(2)3)18-10-8-9-11-19(18,5)6/h14-18,20H,7-13H2,1-6H3. The molecule has 2 fully saturated rings. The van der Waals surface area contributed by atoms with Crippen LogP contribution in [0.3, 0.4) is 0 Å². The lowest BCUT2D eigenvalue weighted by Crippen LogP contribution is -2.65. The number of rotatable bonds is 4. The van der Waals surface area contributed by atoms with Gasteiger partial charge in [-0.25, -0.2) is 0 Å². The second-order valence-corrected chi connectivity index (χ2v) is 8.66. The van der Waals surface area contributed by atoms with Gasteiger partial charge in [0.25, 0.3) is 0 Å². The van der Waals surface area contributed by atoms with Crippen LogP contribution in [0.1, 0.15) is 73.6 Å². The van der Waals surface area contributed by atoms with Crippen LogP contribution in [0.2, 0.25) is 0 Å². The van der Waals surface area contributed by atoms with Crippen molar-refractivity contribution in [3.63, 3.8) is 0 Å². The third-order valence-corrected chi connectivity index (χ3v) is 6.37. The van der Waals surface area contributed by atoms with E-state index >= 15 is 0 Å². The zero-order valence-corrected chi connectivity index (χ0v) is 15.3. The fourth-order valence-corrected chi connectivity index (χ4v) is 4.55. The third kappa shape index (κ3) is 3.82. The summed E-state index contributed by atoms with van der Waals surface area (Å²) in [5, 5.41) is 3.86. The molecule has 0 aromatic heterocycles. The fourth-order valence-electron chi connectivity index (χ4n) is 4.55. The van der Waals surface area contributed by atoms with Gasteiger partial charge in [0.15, 0.2) is 0 Å². The Balaban J connectivity index is 2.17. The number of nitrogens with one attached hydrogen (secondary N) is 1. The van der Waals surface area contributed by atoms with E-state index < -0.39 is 0 Å². The molecule has 0 radical (unpaired) electrons. The molecule has 0 amide bonds. The Hall–Kier alpha value is -0.0800. The minimum absolute atomic E-state index is 0.489.